The van der Waals surface area contributed by atoms with Gasteiger partial charge in [-0.3, -0.25) is 10.9 Å². The highest BCUT2D eigenvalue weighted by Crippen LogP contribution is 2.27. The maximum absolute atomic E-state index is 3.34. The van der Waals surface area contributed by atoms with E-state index < -0.39 is 0 Å². The molecule has 2 N–H and O–H groups in total. The van der Waals surface area contributed by atoms with Crippen molar-refractivity contribution in [3.05, 3.63) is 0 Å². The van der Waals surface area contributed by atoms with Crippen LogP contribution in [0, 0.1) is 5.92 Å². The molecule has 0 aromatic carbocycles. The van der Waals surface area contributed by atoms with E-state index in [0.717, 1.165) is 12.5 Å². The van der Waals surface area contributed by atoms with E-state index in [-0.39, 0.29) is 0 Å². The summed E-state index contributed by atoms with van der Waals surface area (Å²) >= 11 is 0. The molecule has 0 radical (unpaired) electrons. The second-order valence-corrected chi connectivity index (χ2v) is 3.48. The standard InChI is InChI=1S/C9H20N2/c1-3-9(4-2)11-10-7-8-5-6-8/h8-11H,3-7H2,1-2H3. The van der Waals surface area contributed by atoms with Crippen molar-refractivity contribution in [1.29, 1.82) is 0 Å². The van der Waals surface area contributed by atoms with E-state index in [0.29, 0.717) is 6.04 Å². The van der Waals surface area contributed by atoms with Crippen molar-refractivity contribution >= 4 is 0 Å². The van der Waals surface area contributed by atoms with Crippen LogP contribution in [0.5, 0.6) is 0 Å². The highest BCUT2D eigenvalue weighted by molar-refractivity contribution is 4.74. The maximum atomic E-state index is 3.34. The zero-order chi connectivity index (χ0) is 8.10. The summed E-state index contributed by atoms with van der Waals surface area (Å²) in [6.45, 7) is 5.61. The average Bonchev–Trinajstić information content (AvgIpc) is 2.82. The lowest BCUT2D eigenvalue weighted by atomic mass is 10.2. The van der Waals surface area contributed by atoms with Gasteiger partial charge in [-0.15, -0.1) is 0 Å². The summed E-state index contributed by atoms with van der Waals surface area (Å²) in [6.07, 6.45) is 5.29. The van der Waals surface area contributed by atoms with Crippen LogP contribution in [-0.4, -0.2) is 12.6 Å². The van der Waals surface area contributed by atoms with E-state index in [1.54, 1.807) is 0 Å². The van der Waals surface area contributed by atoms with Gasteiger partial charge in [0.05, 0.1) is 0 Å². The van der Waals surface area contributed by atoms with E-state index in [4.69, 9.17) is 0 Å². The van der Waals surface area contributed by atoms with Crippen molar-refractivity contribution in [2.75, 3.05) is 6.54 Å². The molecule has 2 heteroatoms. The zero-order valence-corrected chi connectivity index (χ0v) is 7.69. The summed E-state index contributed by atoms with van der Waals surface area (Å²) in [5, 5.41) is 0. The topological polar surface area (TPSA) is 24.1 Å². The maximum Gasteiger partial charge on any atom is 0.0207 e. The Morgan fingerprint density at radius 1 is 1.27 bits per heavy atom. The van der Waals surface area contributed by atoms with Crippen LogP contribution in [0.3, 0.4) is 0 Å². The Balaban J connectivity index is 1.90. The third kappa shape index (κ3) is 3.73. The smallest absolute Gasteiger partial charge is 0.0207 e. The van der Waals surface area contributed by atoms with Crippen LogP contribution < -0.4 is 10.9 Å². The minimum absolute atomic E-state index is 0.661. The monoisotopic (exact) mass is 156 g/mol. The molecule has 0 amide bonds. The van der Waals surface area contributed by atoms with Gasteiger partial charge in [0.15, 0.2) is 0 Å². The highest BCUT2D eigenvalue weighted by Gasteiger charge is 2.20. The van der Waals surface area contributed by atoms with Crippen molar-refractivity contribution in [3.8, 4) is 0 Å². The lowest BCUT2D eigenvalue weighted by molar-refractivity contribution is 0.402. The minimum Gasteiger partial charge on any atom is -0.257 e. The summed E-state index contributed by atoms with van der Waals surface area (Å²) < 4.78 is 0. The molecule has 1 saturated carbocycles. The average molecular weight is 156 g/mol. The Kier molecular flexibility index (Phi) is 3.87. The van der Waals surface area contributed by atoms with Crippen molar-refractivity contribution in [3.63, 3.8) is 0 Å². The van der Waals surface area contributed by atoms with Gasteiger partial charge >= 0.3 is 0 Å². The molecule has 0 unspecified atom stereocenters. The fourth-order valence-corrected chi connectivity index (χ4v) is 1.16. The fraction of sp³-hybridized carbons (Fsp3) is 1.00. The first-order chi connectivity index (χ1) is 5.36. The van der Waals surface area contributed by atoms with Gasteiger partial charge in [0.2, 0.25) is 0 Å². The molecule has 0 spiro atoms. The summed E-state index contributed by atoms with van der Waals surface area (Å²) in [5.74, 6) is 0.969. The quantitative estimate of drug-likeness (QED) is 0.572. The molecule has 0 bridgehead atoms. The molecule has 1 aliphatic carbocycles. The van der Waals surface area contributed by atoms with Crippen LogP contribution in [0.15, 0.2) is 0 Å². The lowest BCUT2D eigenvalue weighted by Crippen LogP contribution is -2.41. The molecule has 11 heavy (non-hydrogen) atoms. The number of hydrogen-bond donors (Lipinski definition) is 2. The Hall–Kier alpha value is -0.0800. The van der Waals surface area contributed by atoms with E-state index >= 15 is 0 Å². The van der Waals surface area contributed by atoms with E-state index in [1.165, 1.54) is 25.7 Å². The lowest BCUT2D eigenvalue weighted by Gasteiger charge is -2.15. The predicted molar refractivity (Wildman–Crippen MR) is 48.2 cm³/mol. The van der Waals surface area contributed by atoms with Gasteiger partial charge in [-0.05, 0) is 31.6 Å². The van der Waals surface area contributed by atoms with E-state index in [1.807, 2.05) is 0 Å². The Bertz CT molecular complexity index is 95.7. The van der Waals surface area contributed by atoms with Crippen LogP contribution in [0.2, 0.25) is 0 Å². The second kappa shape index (κ2) is 4.73. The highest BCUT2D eigenvalue weighted by atomic mass is 15.4. The van der Waals surface area contributed by atoms with E-state index in [2.05, 4.69) is 24.7 Å². The summed E-state index contributed by atoms with van der Waals surface area (Å²) in [5.41, 5.74) is 6.64. The molecule has 0 aromatic heterocycles. The number of nitrogens with one attached hydrogen (secondary N) is 2. The third-order valence-electron chi connectivity index (χ3n) is 2.38. The predicted octanol–water partition coefficient (Wildman–Crippen LogP) is 1.68. The molecule has 2 nitrogen and oxygen atoms in total. The van der Waals surface area contributed by atoms with Crippen molar-refractivity contribution in [2.24, 2.45) is 5.92 Å². The van der Waals surface area contributed by atoms with Gasteiger partial charge < -0.3 is 0 Å². The van der Waals surface area contributed by atoms with Crippen molar-refractivity contribution in [2.45, 2.75) is 45.6 Å². The Morgan fingerprint density at radius 2 is 1.91 bits per heavy atom. The van der Waals surface area contributed by atoms with Gasteiger partial charge in [-0.1, -0.05) is 13.8 Å². The van der Waals surface area contributed by atoms with Gasteiger partial charge in [-0.2, -0.15) is 0 Å². The van der Waals surface area contributed by atoms with Crippen LogP contribution in [0.1, 0.15) is 39.5 Å². The first-order valence-corrected chi connectivity index (χ1v) is 4.85. The molecule has 0 heterocycles. The summed E-state index contributed by atoms with van der Waals surface area (Å²) in [4.78, 5) is 0. The number of hydrogen-bond acceptors (Lipinski definition) is 2. The first-order valence-electron chi connectivity index (χ1n) is 4.85. The normalized spacial score (nSPS) is 17.7. The zero-order valence-electron chi connectivity index (χ0n) is 7.69. The molecule has 1 aliphatic rings. The molecule has 0 atom stereocenters. The number of rotatable bonds is 6. The fourth-order valence-electron chi connectivity index (χ4n) is 1.16. The van der Waals surface area contributed by atoms with E-state index in [9.17, 15) is 0 Å². The molecule has 1 rings (SSSR count). The van der Waals surface area contributed by atoms with Gasteiger partial charge in [0.1, 0.15) is 0 Å². The van der Waals surface area contributed by atoms with Crippen molar-refractivity contribution < 1.29 is 0 Å². The summed E-state index contributed by atoms with van der Waals surface area (Å²) in [7, 11) is 0. The second-order valence-electron chi connectivity index (χ2n) is 3.48. The van der Waals surface area contributed by atoms with Crippen LogP contribution in [0.4, 0.5) is 0 Å². The largest absolute Gasteiger partial charge is 0.257 e. The third-order valence-corrected chi connectivity index (χ3v) is 2.38. The number of hydrazine groups is 1. The molecule has 66 valence electrons. The van der Waals surface area contributed by atoms with Gasteiger partial charge in [0.25, 0.3) is 0 Å². The van der Waals surface area contributed by atoms with Crippen LogP contribution >= 0.6 is 0 Å². The Morgan fingerprint density at radius 3 is 2.36 bits per heavy atom. The van der Waals surface area contributed by atoms with Crippen LogP contribution in [-0.2, 0) is 0 Å². The van der Waals surface area contributed by atoms with Gasteiger partial charge in [-0.25, -0.2) is 0 Å². The molecule has 0 saturated heterocycles. The minimum atomic E-state index is 0.661. The molecule has 0 aromatic rings. The SMILES string of the molecule is CCC(CC)NNCC1CC1. The van der Waals surface area contributed by atoms with Crippen molar-refractivity contribution in [1.82, 2.24) is 10.9 Å². The molecule has 1 fully saturated rings. The van der Waals surface area contributed by atoms with Gasteiger partial charge in [0, 0.05) is 12.6 Å². The van der Waals surface area contributed by atoms with Crippen LogP contribution in [0.25, 0.3) is 0 Å². The summed E-state index contributed by atoms with van der Waals surface area (Å²) in [6, 6.07) is 0.661. The molecule has 0 aliphatic heterocycles. The first kappa shape index (κ1) is 9.01. The molecular formula is C9H20N2. The molecular weight excluding hydrogens is 136 g/mol. The Labute approximate surface area is 69.7 Å².